The van der Waals surface area contributed by atoms with Gasteiger partial charge in [-0.15, -0.1) is 0 Å². The number of esters is 3. The van der Waals surface area contributed by atoms with Crippen molar-refractivity contribution in [2.75, 3.05) is 13.2 Å². The van der Waals surface area contributed by atoms with Crippen molar-refractivity contribution in [3.8, 4) is 0 Å². The molecule has 0 saturated heterocycles. The van der Waals surface area contributed by atoms with Crippen molar-refractivity contribution in [1.29, 1.82) is 0 Å². The molecule has 0 aromatic carbocycles. The van der Waals surface area contributed by atoms with Crippen LogP contribution in [-0.2, 0) is 28.6 Å². The summed E-state index contributed by atoms with van der Waals surface area (Å²) >= 11 is 0. The second kappa shape index (κ2) is 69.3. The van der Waals surface area contributed by atoms with Crippen LogP contribution in [0.15, 0.2) is 122 Å². The van der Waals surface area contributed by atoms with Gasteiger partial charge in [-0.05, 0) is 135 Å². The van der Waals surface area contributed by atoms with E-state index in [0.29, 0.717) is 25.7 Å². The quantitative estimate of drug-likeness (QED) is 0.0261. The molecule has 0 radical (unpaired) electrons. The van der Waals surface area contributed by atoms with E-state index in [2.05, 4.69) is 142 Å². The van der Waals surface area contributed by atoms with Crippen molar-refractivity contribution in [3.63, 3.8) is 0 Å². The van der Waals surface area contributed by atoms with Gasteiger partial charge in [0.1, 0.15) is 13.2 Å². The fourth-order valence-corrected chi connectivity index (χ4v) is 9.51. The Morgan fingerprint density at radius 2 is 0.476 bits per heavy atom. The molecule has 0 fully saturated rings. The van der Waals surface area contributed by atoms with E-state index in [4.69, 9.17) is 14.2 Å². The fourth-order valence-electron chi connectivity index (χ4n) is 9.51. The van der Waals surface area contributed by atoms with Crippen LogP contribution in [0, 0.1) is 0 Å². The van der Waals surface area contributed by atoms with Gasteiger partial charge in [-0.2, -0.15) is 0 Å². The Morgan fingerprint density at radius 3 is 0.780 bits per heavy atom. The molecule has 0 aromatic rings. The molecule has 0 aromatic heterocycles. The number of carbonyl (C=O) groups is 3. The molecule has 6 heteroatoms. The van der Waals surface area contributed by atoms with E-state index in [0.717, 1.165) is 109 Å². The molecule has 0 rings (SSSR count). The van der Waals surface area contributed by atoms with Crippen molar-refractivity contribution >= 4 is 17.9 Å². The van der Waals surface area contributed by atoms with E-state index in [1.807, 2.05) is 0 Å². The molecular formula is C76H128O6. The van der Waals surface area contributed by atoms with Gasteiger partial charge in [-0.1, -0.05) is 290 Å². The van der Waals surface area contributed by atoms with Crippen LogP contribution >= 0.6 is 0 Å². The molecule has 0 N–H and O–H groups in total. The van der Waals surface area contributed by atoms with E-state index >= 15 is 0 Å². The summed E-state index contributed by atoms with van der Waals surface area (Å²) in [7, 11) is 0. The number of unbranched alkanes of at least 4 members (excludes halogenated alkanes) is 31. The zero-order chi connectivity index (χ0) is 59.2. The van der Waals surface area contributed by atoms with E-state index < -0.39 is 6.10 Å². The van der Waals surface area contributed by atoms with Crippen LogP contribution in [0.2, 0.25) is 0 Å². The Labute approximate surface area is 507 Å². The zero-order valence-corrected chi connectivity index (χ0v) is 53.7. The normalized spacial score (nSPS) is 12.9. The highest BCUT2D eigenvalue weighted by atomic mass is 16.6. The first-order chi connectivity index (χ1) is 40.5. The van der Waals surface area contributed by atoms with Gasteiger partial charge in [0.25, 0.3) is 0 Å². The Bertz CT molecular complexity index is 1690. The lowest BCUT2D eigenvalue weighted by molar-refractivity contribution is -0.167. The summed E-state index contributed by atoms with van der Waals surface area (Å²) in [4.78, 5) is 38.4. The summed E-state index contributed by atoms with van der Waals surface area (Å²) in [6.45, 7) is 6.51. The van der Waals surface area contributed by atoms with Gasteiger partial charge in [-0.3, -0.25) is 14.4 Å². The lowest BCUT2D eigenvalue weighted by Gasteiger charge is -2.18. The number of hydrogen-bond acceptors (Lipinski definition) is 6. The largest absolute Gasteiger partial charge is 0.462 e. The fraction of sp³-hybridized carbons (Fsp3) is 0.697. The summed E-state index contributed by atoms with van der Waals surface area (Å²) in [5, 5.41) is 0. The topological polar surface area (TPSA) is 78.9 Å². The minimum absolute atomic E-state index is 0.0979. The van der Waals surface area contributed by atoms with Crippen molar-refractivity contribution in [2.45, 2.75) is 329 Å². The standard InChI is InChI=1S/C76H128O6/c1-4-7-10-13-16-19-22-25-28-31-33-35-36-37-38-39-40-42-43-45-48-51-54-57-60-63-66-69-75(78)81-72-73(71-80-74(77)68-65-62-59-56-53-50-47-30-27-24-21-18-15-12-9-6-3)82-76(79)70-67-64-61-58-55-52-49-46-44-41-34-32-29-26-23-20-17-14-11-8-5-2/h7,10,16,19,25,28,30,32-35,37-38,40,42,45,47-48,54,57,73H,4-6,8-9,11-15,17-18,20-24,26-27,29,31,36,39,41,43-44,46,49-53,55-56,58-72H2,1-3H3/b10-7-,19-16-,28-25-,34-32-,35-33-,38-37-,42-40-,47-30-,48-45-,57-54-. The van der Waals surface area contributed by atoms with Crippen LogP contribution in [0.5, 0.6) is 0 Å². The molecule has 0 saturated carbocycles. The first-order valence-electron chi connectivity index (χ1n) is 34.5. The second-order valence-electron chi connectivity index (χ2n) is 22.7. The highest BCUT2D eigenvalue weighted by molar-refractivity contribution is 5.71. The molecule has 0 aliphatic carbocycles. The Balaban J connectivity index is 4.46. The third-order valence-electron chi connectivity index (χ3n) is 14.7. The predicted octanol–water partition coefficient (Wildman–Crippen LogP) is 23.9. The van der Waals surface area contributed by atoms with Gasteiger partial charge < -0.3 is 14.2 Å². The van der Waals surface area contributed by atoms with Crippen LogP contribution in [-0.4, -0.2) is 37.2 Å². The van der Waals surface area contributed by atoms with Crippen molar-refractivity contribution in [2.24, 2.45) is 0 Å². The van der Waals surface area contributed by atoms with Crippen molar-refractivity contribution < 1.29 is 28.6 Å². The molecule has 0 aliphatic heterocycles. The molecule has 0 spiro atoms. The van der Waals surface area contributed by atoms with Crippen LogP contribution < -0.4 is 0 Å². The SMILES string of the molecule is CC/C=C\C/C=C\C/C=C\C/C=C\C/C=C\C/C=C\C/C=C\C/C=C\CCCCC(=O)OCC(COC(=O)CCCCCCC/C=C\CCCCCCCCC)OC(=O)CCCCCCCCCCC/C=C\CCCCCCCCCC. The molecule has 1 unspecified atom stereocenters. The van der Waals surface area contributed by atoms with E-state index in [-0.39, 0.29) is 31.1 Å². The summed E-state index contributed by atoms with van der Waals surface area (Å²) in [6, 6.07) is 0. The number of ether oxygens (including phenoxy) is 3. The highest BCUT2D eigenvalue weighted by Crippen LogP contribution is 2.16. The van der Waals surface area contributed by atoms with Crippen LogP contribution in [0.3, 0.4) is 0 Å². The first kappa shape index (κ1) is 77.8. The lowest BCUT2D eigenvalue weighted by Crippen LogP contribution is -2.30. The molecular weight excluding hydrogens is 1010 g/mol. The van der Waals surface area contributed by atoms with Crippen LogP contribution in [0.1, 0.15) is 323 Å². The molecule has 0 bridgehead atoms. The van der Waals surface area contributed by atoms with Gasteiger partial charge in [0, 0.05) is 19.3 Å². The maximum Gasteiger partial charge on any atom is 0.306 e. The molecule has 468 valence electrons. The molecule has 0 heterocycles. The number of rotatable bonds is 62. The van der Waals surface area contributed by atoms with Gasteiger partial charge in [-0.25, -0.2) is 0 Å². The van der Waals surface area contributed by atoms with Gasteiger partial charge in [0.05, 0.1) is 0 Å². The zero-order valence-electron chi connectivity index (χ0n) is 53.7. The smallest absolute Gasteiger partial charge is 0.306 e. The Kier molecular flexibility index (Phi) is 65.8. The van der Waals surface area contributed by atoms with E-state index in [1.54, 1.807) is 0 Å². The molecule has 1 atom stereocenters. The summed E-state index contributed by atoms with van der Waals surface area (Å²) in [5.74, 6) is -0.944. The van der Waals surface area contributed by atoms with E-state index in [1.165, 1.54) is 167 Å². The monoisotopic (exact) mass is 1140 g/mol. The third-order valence-corrected chi connectivity index (χ3v) is 14.7. The first-order valence-corrected chi connectivity index (χ1v) is 34.5. The number of carbonyl (C=O) groups excluding carboxylic acids is 3. The second-order valence-corrected chi connectivity index (χ2v) is 22.7. The van der Waals surface area contributed by atoms with Crippen LogP contribution in [0.4, 0.5) is 0 Å². The molecule has 6 nitrogen and oxygen atoms in total. The van der Waals surface area contributed by atoms with Gasteiger partial charge >= 0.3 is 17.9 Å². The molecule has 82 heavy (non-hydrogen) atoms. The summed E-state index contributed by atoms with van der Waals surface area (Å²) in [6.07, 6.45) is 96.4. The predicted molar refractivity (Wildman–Crippen MR) is 357 cm³/mol. The van der Waals surface area contributed by atoms with Gasteiger partial charge in [0.15, 0.2) is 6.10 Å². The summed E-state index contributed by atoms with van der Waals surface area (Å²) < 4.78 is 16.9. The van der Waals surface area contributed by atoms with Crippen molar-refractivity contribution in [3.05, 3.63) is 122 Å². The Morgan fingerprint density at radius 1 is 0.256 bits per heavy atom. The molecule has 0 amide bonds. The average Bonchev–Trinajstić information content (AvgIpc) is 3.47. The maximum atomic E-state index is 13.0. The average molecular weight is 1140 g/mol. The van der Waals surface area contributed by atoms with Gasteiger partial charge in [0.2, 0.25) is 0 Å². The lowest BCUT2D eigenvalue weighted by atomic mass is 10.1. The van der Waals surface area contributed by atoms with Crippen LogP contribution in [0.25, 0.3) is 0 Å². The minimum Gasteiger partial charge on any atom is -0.462 e. The summed E-state index contributed by atoms with van der Waals surface area (Å²) in [5.41, 5.74) is 0. The number of hydrogen-bond donors (Lipinski definition) is 0. The maximum absolute atomic E-state index is 13.0. The number of allylic oxidation sites excluding steroid dienone is 20. The Hall–Kier alpha value is -4.19. The van der Waals surface area contributed by atoms with E-state index in [9.17, 15) is 14.4 Å². The minimum atomic E-state index is -0.806. The molecule has 0 aliphatic rings. The third kappa shape index (κ3) is 66.6. The van der Waals surface area contributed by atoms with Crippen molar-refractivity contribution in [1.82, 2.24) is 0 Å². The highest BCUT2D eigenvalue weighted by Gasteiger charge is 2.19.